The van der Waals surface area contributed by atoms with Gasteiger partial charge in [-0.15, -0.1) is 8.58 Å². The maximum Gasteiger partial charge on any atom is -0.0237 e. The van der Waals surface area contributed by atoms with Gasteiger partial charge in [-0.3, -0.25) is 0 Å². The second kappa shape index (κ2) is 9.98. The summed E-state index contributed by atoms with van der Waals surface area (Å²) in [5.74, 6) is 1.94. The Balaban J connectivity index is 2.13. The van der Waals surface area contributed by atoms with Crippen LogP contribution < -0.4 is 0 Å². The van der Waals surface area contributed by atoms with E-state index in [4.69, 9.17) is 0 Å². The van der Waals surface area contributed by atoms with Gasteiger partial charge < -0.3 is 0 Å². The van der Waals surface area contributed by atoms with Crippen LogP contribution in [0.15, 0.2) is 11.6 Å². The van der Waals surface area contributed by atoms with E-state index >= 15 is 0 Å². The molecule has 0 aromatic carbocycles. The van der Waals surface area contributed by atoms with E-state index in [-0.39, 0.29) is 0 Å². The normalized spacial score (nSPS) is 19.3. The van der Waals surface area contributed by atoms with Crippen molar-refractivity contribution in [1.82, 2.24) is 0 Å². The second-order valence-corrected chi connectivity index (χ2v) is 8.45. The summed E-state index contributed by atoms with van der Waals surface area (Å²) in [6, 6.07) is 0. The van der Waals surface area contributed by atoms with Gasteiger partial charge in [-0.25, -0.2) is 0 Å². The number of rotatable bonds is 10. The van der Waals surface area contributed by atoms with Crippen molar-refractivity contribution in [3.05, 3.63) is 11.6 Å². The van der Waals surface area contributed by atoms with Crippen LogP contribution in [0, 0.1) is 11.8 Å². The van der Waals surface area contributed by atoms with Crippen molar-refractivity contribution in [2.24, 2.45) is 11.8 Å². The Labute approximate surface area is 123 Å². The van der Waals surface area contributed by atoms with Crippen LogP contribution in [0.4, 0.5) is 0 Å². The summed E-state index contributed by atoms with van der Waals surface area (Å²) in [7, 11) is 1.18. The van der Waals surface area contributed by atoms with Gasteiger partial charge in [0.15, 0.2) is 0 Å². The third-order valence-electron chi connectivity index (χ3n) is 4.63. The number of allylic oxidation sites excluding steroid dienone is 2. The van der Waals surface area contributed by atoms with Gasteiger partial charge in [0.05, 0.1) is 0 Å². The minimum absolute atomic E-state index is 0.872. The summed E-state index contributed by atoms with van der Waals surface area (Å²) in [5, 5.41) is 0. The van der Waals surface area contributed by atoms with Gasteiger partial charge in [0, 0.05) is 0 Å². The zero-order valence-corrected chi connectivity index (χ0v) is 14.7. The Hall–Kier alpha value is 0.170. The van der Waals surface area contributed by atoms with Crippen LogP contribution >= 0.6 is 8.58 Å². The zero-order chi connectivity index (χ0) is 14.1. The molecule has 1 aliphatic carbocycles. The fourth-order valence-corrected chi connectivity index (χ4v) is 4.79. The van der Waals surface area contributed by atoms with Gasteiger partial charge in [-0.2, -0.15) is 0 Å². The molecule has 0 bridgehead atoms. The highest BCUT2D eigenvalue weighted by atomic mass is 31.1. The van der Waals surface area contributed by atoms with E-state index in [0.717, 1.165) is 17.5 Å². The topological polar surface area (TPSA) is 0 Å². The van der Waals surface area contributed by atoms with Crippen molar-refractivity contribution in [3.8, 4) is 0 Å². The van der Waals surface area contributed by atoms with Gasteiger partial charge in [-0.1, -0.05) is 51.7 Å². The van der Waals surface area contributed by atoms with Gasteiger partial charge in [0.25, 0.3) is 0 Å². The molecule has 0 aromatic rings. The van der Waals surface area contributed by atoms with Gasteiger partial charge >= 0.3 is 0 Å². The highest BCUT2D eigenvalue weighted by molar-refractivity contribution is 7.38. The van der Waals surface area contributed by atoms with E-state index in [2.05, 4.69) is 33.8 Å². The lowest BCUT2D eigenvalue weighted by Crippen LogP contribution is -2.10. The number of hydrogen-bond donors (Lipinski definition) is 0. The van der Waals surface area contributed by atoms with E-state index < -0.39 is 0 Å². The Morgan fingerprint density at radius 1 is 1.26 bits per heavy atom. The van der Waals surface area contributed by atoms with Crippen molar-refractivity contribution in [2.45, 2.75) is 84.7 Å². The molecule has 0 saturated heterocycles. The van der Waals surface area contributed by atoms with Crippen molar-refractivity contribution in [1.29, 1.82) is 0 Å². The fraction of sp³-hybridized carbons (Fsp3) is 0.889. The maximum atomic E-state index is 2.40. The maximum absolute atomic E-state index is 2.40. The van der Waals surface area contributed by atoms with E-state index in [1.165, 1.54) is 66.1 Å². The Kier molecular flexibility index (Phi) is 9.04. The van der Waals surface area contributed by atoms with E-state index in [9.17, 15) is 0 Å². The van der Waals surface area contributed by atoms with Gasteiger partial charge in [0.2, 0.25) is 0 Å². The van der Waals surface area contributed by atoms with Crippen LogP contribution in [0.25, 0.3) is 0 Å². The molecule has 0 spiro atoms. The summed E-state index contributed by atoms with van der Waals surface area (Å²) in [4.78, 5) is 0. The number of hydrogen-bond acceptors (Lipinski definition) is 0. The second-order valence-electron chi connectivity index (χ2n) is 6.72. The standard InChI is InChI=1S/C18H35P/c1-5-16(10-11-17-8-7-9-17)12-13-19-18(6-2)14-15(3)4/h5,15,17-19H,6-14H2,1-4H3/b16-5-. The van der Waals surface area contributed by atoms with Crippen molar-refractivity contribution >= 4 is 8.58 Å². The monoisotopic (exact) mass is 282 g/mol. The molecule has 0 nitrogen and oxygen atoms in total. The summed E-state index contributed by atoms with van der Waals surface area (Å²) >= 11 is 0. The molecule has 1 rings (SSSR count). The molecule has 1 saturated carbocycles. The van der Waals surface area contributed by atoms with Crippen LogP contribution in [-0.4, -0.2) is 11.8 Å². The summed E-state index contributed by atoms with van der Waals surface area (Å²) < 4.78 is 0. The van der Waals surface area contributed by atoms with Gasteiger partial charge in [0.1, 0.15) is 0 Å². The highest BCUT2D eigenvalue weighted by Crippen LogP contribution is 2.33. The first-order chi connectivity index (χ1) is 9.15. The Bertz CT molecular complexity index is 250. The summed E-state index contributed by atoms with van der Waals surface area (Å²) in [6.07, 6.45) is 15.4. The van der Waals surface area contributed by atoms with E-state index in [1.807, 2.05) is 0 Å². The average Bonchev–Trinajstić information content (AvgIpc) is 2.33. The molecule has 112 valence electrons. The summed E-state index contributed by atoms with van der Waals surface area (Å²) in [6.45, 7) is 9.34. The third kappa shape index (κ3) is 7.50. The zero-order valence-electron chi connectivity index (χ0n) is 13.7. The fourth-order valence-electron chi connectivity index (χ4n) is 2.98. The first-order valence-corrected chi connectivity index (χ1v) is 9.81. The molecule has 0 amide bonds. The van der Waals surface area contributed by atoms with Crippen molar-refractivity contribution < 1.29 is 0 Å². The SMILES string of the molecule is C/C=C(\CCPC(CC)CC(C)C)CCC1CCC1. The quantitative estimate of drug-likeness (QED) is 0.321. The first-order valence-electron chi connectivity index (χ1n) is 8.53. The first kappa shape index (κ1) is 17.2. The molecule has 1 fully saturated rings. The lowest BCUT2D eigenvalue weighted by Gasteiger charge is -2.25. The predicted molar refractivity (Wildman–Crippen MR) is 91.7 cm³/mol. The molecular weight excluding hydrogens is 247 g/mol. The minimum Gasteiger partial charge on any atom is -0.119 e. The van der Waals surface area contributed by atoms with Crippen molar-refractivity contribution in [2.75, 3.05) is 6.16 Å². The molecule has 1 aliphatic rings. The van der Waals surface area contributed by atoms with Crippen LogP contribution in [0.3, 0.4) is 0 Å². The van der Waals surface area contributed by atoms with E-state index in [0.29, 0.717) is 0 Å². The minimum atomic E-state index is 0.872. The Morgan fingerprint density at radius 3 is 2.47 bits per heavy atom. The molecule has 0 heterocycles. The average molecular weight is 282 g/mol. The molecule has 0 aliphatic heterocycles. The molecule has 1 heteroatoms. The Morgan fingerprint density at radius 2 is 2.00 bits per heavy atom. The molecule has 19 heavy (non-hydrogen) atoms. The molecule has 0 N–H and O–H groups in total. The largest absolute Gasteiger partial charge is 0.119 e. The lowest BCUT2D eigenvalue weighted by atomic mass is 9.81. The van der Waals surface area contributed by atoms with Crippen LogP contribution in [0.2, 0.25) is 0 Å². The predicted octanol–water partition coefficient (Wildman–Crippen LogP) is 6.41. The highest BCUT2D eigenvalue weighted by Gasteiger charge is 2.17. The van der Waals surface area contributed by atoms with Crippen LogP contribution in [0.1, 0.15) is 79.1 Å². The van der Waals surface area contributed by atoms with Crippen LogP contribution in [-0.2, 0) is 0 Å². The summed E-state index contributed by atoms with van der Waals surface area (Å²) in [5.41, 5.74) is 2.73. The van der Waals surface area contributed by atoms with Crippen LogP contribution in [0.5, 0.6) is 0 Å². The molecular formula is C18H35P. The third-order valence-corrected chi connectivity index (χ3v) is 6.39. The molecule has 2 unspecified atom stereocenters. The van der Waals surface area contributed by atoms with E-state index in [1.54, 1.807) is 5.57 Å². The lowest BCUT2D eigenvalue weighted by molar-refractivity contribution is 0.295. The van der Waals surface area contributed by atoms with Crippen molar-refractivity contribution in [3.63, 3.8) is 0 Å². The molecule has 0 aromatic heterocycles. The van der Waals surface area contributed by atoms with Gasteiger partial charge in [-0.05, 0) is 62.7 Å². The molecule has 2 atom stereocenters. The molecule has 0 radical (unpaired) electrons. The smallest absolute Gasteiger partial charge is 0.0237 e.